The zero-order valence-corrected chi connectivity index (χ0v) is 13.4. The van der Waals surface area contributed by atoms with Crippen LogP contribution in [0.3, 0.4) is 0 Å². The van der Waals surface area contributed by atoms with Gasteiger partial charge in [0, 0.05) is 46.5 Å². The van der Waals surface area contributed by atoms with E-state index in [1.165, 1.54) is 0 Å². The molecule has 0 aromatic carbocycles. The molecule has 0 aliphatic rings. The fourth-order valence-electron chi connectivity index (χ4n) is 2.01. The fourth-order valence-corrected chi connectivity index (χ4v) is 2.01. The number of carbonyl (C=O) groups is 1. The van der Waals surface area contributed by atoms with Crippen LogP contribution in [0.25, 0.3) is 0 Å². The summed E-state index contributed by atoms with van der Waals surface area (Å²) in [6.45, 7) is 8.06. The Kier molecular flexibility index (Phi) is 11.7. The minimum atomic E-state index is -0.290. The van der Waals surface area contributed by atoms with Gasteiger partial charge >= 0.3 is 0 Å². The number of hydrogen-bond acceptors (Lipinski definition) is 5. The lowest BCUT2D eigenvalue weighted by atomic mass is 10.1. The molecule has 0 radical (unpaired) electrons. The Morgan fingerprint density at radius 2 is 1.80 bits per heavy atom. The Morgan fingerprint density at radius 3 is 2.30 bits per heavy atom. The zero-order chi connectivity index (χ0) is 15.4. The first-order valence-corrected chi connectivity index (χ1v) is 7.26. The van der Waals surface area contributed by atoms with Crippen LogP contribution >= 0.6 is 0 Å². The van der Waals surface area contributed by atoms with Crippen molar-refractivity contribution in [2.75, 3.05) is 47.1 Å². The number of amides is 1. The Hall–Kier alpha value is -0.690. The van der Waals surface area contributed by atoms with E-state index in [-0.39, 0.29) is 18.0 Å². The van der Waals surface area contributed by atoms with E-state index >= 15 is 0 Å². The molecule has 3 N–H and O–H groups in total. The van der Waals surface area contributed by atoms with Crippen LogP contribution in [-0.4, -0.2) is 70.0 Å². The number of methoxy groups -OCH3 is 2. The van der Waals surface area contributed by atoms with Crippen LogP contribution in [0, 0.1) is 0 Å². The van der Waals surface area contributed by atoms with E-state index in [4.69, 9.17) is 15.2 Å². The minimum absolute atomic E-state index is 0.244. The summed E-state index contributed by atoms with van der Waals surface area (Å²) in [7, 11) is 3.40. The van der Waals surface area contributed by atoms with Gasteiger partial charge in [-0.1, -0.05) is 13.8 Å². The Balaban J connectivity index is 4.20. The number of hydrogen-bond donors (Lipinski definition) is 2. The summed E-state index contributed by atoms with van der Waals surface area (Å²) >= 11 is 0. The number of primary amides is 1. The predicted octanol–water partition coefficient (Wildman–Crippen LogP) is 0.213. The van der Waals surface area contributed by atoms with Gasteiger partial charge in [0.2, 0.25) is 5.91 Å². The quantitative estimate of drug-likeness (QED) is 0.474. The summed E-state index contributed by atoms with van der Waals surface area (Å²) in [5, 5.41) is 3.20. The summed E-state index contributed by atoms with van der Waals surface area (Å²) in [4.78, 5) is 13.7. The lowest BCUT2D eigenvalue weighted by Gasteiger charge is -2.25. The molecule has 6 heteroatoms. The van der Waals surface area contributed by atoms with Crippen molar-refractivity contribution in [1.82, 2.24) is 10.2 Å². The van der Waals surface area contributed by atoms with Crippen molar-refractivity contribution < 1.29 is 14.3 Å². The molecule has 0 aromatic heterocycles. The van der Waals surface area contributed by atoms with Gasteiger partial charge in [0.15, 0.2) is 0 Å². The number of nitrogens with two attached hydrogens (primary N) is 1. The number of carbonyl (C=O) groups excluding carboxylic acids is 1. The Morgan fingerprint density at radius 1 is 1.15 bits per heavy atom. The highest BCUT2D eigenvalue weighted by Gasteiger charge is 2.17. The predicted molar refractivity (Wildman–Crippen MR) is 80.7 cm³/mol. The number of nitrogens with zero attached hydrogens (tertiary/aromatic N) is 1. The highest BCUT2D eigenvalue weighted by Crippen LogP contribution is 2.00. The molecule has 0 aromatic rings. The number of nitrogens with one attached hydrogen (secondary N) is 1. The SMILES string of the molecule is COCCCN(CCOC)CCC(NC(C)C)C(N)=O. The second-order valence-electron chi connectivity index (χ2n) is 5.25. The molecule has 0 fully saturated rings. The largest absolute Gasteiger partial charge is 0.385 e. The first kappa shape index (κ1) is 19.3. The van der Waals surface area contributed by atoms with Crippen LogP contribution in [0.15, 0.2) is 0 Å². The summed E-state index contributed by atoms with van der Waals surface area (Å²) < 4.78 is 10.2. The van der Waals surface area contributed by atoms with E-state index in [0.29, 0.717) is 13.0 Å². The molecule has 0 heterocycles. The number of ether oxygens (including phenoxy) is 2. The third kappa shape index (κ3) is 10.1. The van der Waals surface area contributed by atoms with Crippen molar-refractivity contribution in [3.05, 3.63) is 0 Å². The molecule has 0 aliphatic carbocycles. The van der Waals surface area contributed by atoms with Crippen molar-refractivity contribution in [1.29, 1.82) is 0 Å². The second-order valence-corrected chi connectivity index (χ2v) is 5.25. The standard InChI is InChI=1S/C14H31N3O3/c1-12(2)16-13(14(15)18)6-8-17(9-11-20-4)7-5-10-19-3/h12-13,16H,5-11H2,1-4H3,(H2,15,18). The molecule has 0 bridgehead atoms. The Bertz CT molecular complexity index is 250. The van der Waals surface area contributed by atoms with Crippen molar-refractivity contribution in [3.63, 3.8) is 0 Å². The van der Waals surface area contributed by atoms with Crippen molar-refractivity contribution in [3.8, 4) is 0 Å². The van der Waals surface area contributed by atoms with Gasteiger partial charge in [-0.2, -0.15) is 0 Å². The molecular weight excluding hydrogens is 258 g/mol. The smallest absolute Gasteiger partial charge is 0.234 e. The maximum Gasteiger partial charge on any atom is 0.234 e. The van der Waals surface area contributed by atoms with Gasteiger partial charge in [-0.15, -0.1) is 0 Å². The van der Waals surface area contributed by atoms with E-state index in [0.717, 1.165) is 32.7 Å². The van der Waals surface area contributed by atoms with Gasteiger partial charge in [-0.25, -0.2) is 0 Å². The molecule has 20 heavy (non-hydrogen) atoms. The zero-order valence-electron chi connectivity index (χ0n) is 13.4. The van der Waals surface area contributed by atoms with Crippen LogP contribution < -0.4 is 11.1 Å². The molecule has 1 atom stereocenters. The molecule has 0 saturated heterocycles. The molecule has 6 nitrogen and oxygen atoms in total. The molecule has 120 valence electrons. The van der Waals surface area contributed by atoms with Gasteiger partial charge in [-0.05, 0) is 12.8 Å². The van der Waals surface area contributed by atoms with Crippen LogP contribution in [-0.2, 0) is 14.3 Å². The number of rotatable bonds is 13. The molecule has 0 saturated carbocycles. The lowest BCUT2D eigenvalue weighted by Crippen LogP contribution is -2.46. The minimum Gasteiger partial charge on any atom is -0.385 e. The van der Waals surface area contributed by atoms with Crippen LogP contribution in [0.2, 0.25) is 0 Å². The molecule has 0 spiro atoms. The molecule has 1 unspecified atom stereocenters. The highest BCUT2D eigenvalue weighted by atomic mass is 16.5. The van der Waals surface area contributed by atoms with E-state index in [1.807, 2.05) is 13.8 Å². The molecule has 0 aliphatic heterocycles. The van der Waals surface area contributed by atoms with Gasteiger partial charge in [-0.3, -0.25) is 4.79 Å². The first-order chi connectivity index (χ1) is 9.51. The first-order valence-electron chi connectivity index (χ1n) is 7.26. The van der Waals surface area contributed by atoms with Crippen molar-refractivity contribution >= 4 is 5.91 Å². The summed E-state index contributed by atoms with van der Waals surface area (Å²) in [6.07, 6.45) is 1.68. The maximum atomic E-state index is 11.4. The van der Waals surface area contributed by atoms with Gasteiger partial charge in [0.25, 0.3) is 0 Å². The lowest BCUT2D eigenvalue weighted by molar-refractivity contribution is -0.120. The molecule has 0 rings (SSSR count). The highest BCUT2D eigenvalue weighted by molar-refractivity contribution is 5.79. The Labute approximate surface area is 123 Å². The fraction of sp³-hybridized carbons (Fsp3) is 0.929. The van der Waals surface area contributed by atoms with Gasteiger partial charge < -0.3 is 25.4 Å². The van der Waals surface area contributed by atoms with E-state index in [9.17, 15) is 4.79 Å². The summed E-state index contributed by atoms with van der Waals surface area (Å²) in [6, 6.07) is -0.0316. The summed E-state index contributed by atoms with van der Waals surface area (Å²) in [5.41, 5.74) is 5.43. The van der Waals surface area contributed by atoms with E-state index < -0.39 is 0 Å². The monoisotopic (exact) mass is 289 g/mol. The summed E-state index contributed by atoms with van der Waals surface area (Å²) in [5.74, 6) is -0.290. The van der Waals surface area contributed by atoms with Crippen LogP contribution in [0.4, 0.5) is 0 Å². The molecule has 1 amide bonds. The third-order valence-electron chi connectivity index (χ3n) is 3.05. The third-order valence-corrected chi connectivity index (χ3v) is 3.05. The van der Waals surface area contributed by atoms with Crippen LogP contribution in [0.1, 0.15) is 26.7 Å². The second kappa shape index (κ2) is 12.1. The topological polar surface area (TPSA) is 76.8 Å². The van der Waals surface area contributed by atoms with Crippen molar-refractivity contribution in [2.45, 2.75) is 38.8 Å². The average molecular weight is 289 g/mol. The van der Waals surface area contributed by atoms with Gasteiger partial charge in [0.1, 0.15) is 0 Å². The molecular formula is C14H31N3O3. The van der Waals surface area contributed by atoms with Crippen molar-refractivity contribution in [2.24, 2.45) is 5.73 Å². The van der Waals surface area contributed by atoms with Crippen LogP contribution in [0.5, 0.6) is 0 Å². The van der Waals surface area contributed by atoms with E-state index in [1.54, 1.807) is 14.2 Å². The average Bonchev–Trinajstić information content (AvgIpc) is 2.39. The normalized spacial score (nSPS) is 13.1. The van der Waals surface area contributed by atoms with Gasteiger partial charge in [0.05, 0.1) is 12.6 Å². The van der Waals surface area contributed by atoms with E-state index in [2.05, 4.69) is 10.2 Å². The maximum absolute atomic E-state index is 11.4.